The fourth-order valence-electron chi connectivity index (χ4n) is 0.810. The van der Waals surface area contributed by atoms with Crippen molar-refractivity contribution >= 4 is 5.84 Å². The van der Waals surface area contributed by atoms with Gasteiger partial charge in [-0.05, 0) is 12.1 Å². The van der Waals surface area contributed by atoms with Crippen LogP contribution in [0.4, 0.5) is 0 Å². The molecule has 1 aliphatic heterocycles. The molecule has 2 N–H and O–H groups in total. The van der Waals surface area contributed by atoms with E-state index in [1.54, 1.807) is 18.2 Å². The SMILES string of the molecule is Oc1cccc(C2=NN2)c1. The Hall–Kier alpha value is -1.51. The summed E-state index contributed by atoms with van der Waals surface area (Å²) in [7, 11) is 0. The van der Waals surface area contributed by atoms with Gasteiger partial charge in [0.25, 0.3) is 0 Å². The molecular formula is C7H6N2O. The van der Waals surface area contributed by atoms with E-state index < -0.39 is 0 Å². The monoisotopic (exact) mass is 134 g/mol. The van der Waals surface area contributed by atoms with Gasteiger partial charge in [0, 0.05) is 5.56 Å². The molecular weight excluding hydrogens is 128 g/mol. The highest BCUT2D eigenvalue weighted by molar-refractivity contribution is 6.05. The molecule has 1 aliphatic rings. The van der Waals surface area contributed by atoms with Gasteiger partial charge >= 0.3 is 0 Å². The Kier molecular flexibility index (Phi) is 0.917. The molecule has 1 aromatic carbocycles. The van der Waals surface area contributed by atoms with Gasteiger partial charge in [0.05, 0.1) is 0 Å². The van der Waals surface area contributed by atoms with Gasteiger partial charge < -0.3 is 5.11 Å². The number of amidine groups is 1. The van der Waals surface area contributed by atoms with Crippen LogP contribution in [0.25, 0.3) is 0 Å². The Balaban J connectivity index is 2.42. The minimum Gasteiger partial charge on any atom is -0.508 e. The van der Waals surface area contributed by atoms with E-state index in [9.17, 15) is 0 Å². The third-order valence-corrected chi connectivity index (χ3v) is 1.34. The molecule has 0 bridgehead atoms. The molecule has 10 heavy (non-hydrogen) atoms. The lowest BCUT2D eigenvalue weighted by Crippen LogP contribution is -1.93. The molecule has 0 unspecified atom stereocenters. The number of phenols is 1. The van der Waals surface area contributed by atoms with Crippen molar-refractivity contribution in [1.29, 1.82) is 0 Å². The Bertz CT molecular complexity index is 293. The zero-order valence-electron chi connectivity index (χ0n) is 5.20. The Morgan fingerprint density at radius 1 is 1.40 bits per heavy atom. The van der Waals surface area contributed by atoms with Crippen molar-refractivity contribution in [1.82, 2.24) is 5.43 Å². The van der Waals surface area contributed by atoms with Gasteiger partial charge in [0.15, 0.2) is 5.84 Å². The third-order valence-electron chi connectivity index (χ3n) is 1.34. The molecule has 3 heteroatoms. The molecule has 0 radical (unpaired) electrons. The van der Waals surface area contributed by atoms with Crippen LogP contribution in [0, 0.1) is 0 Å². The van der Waals surface area contributed by atoms with Crippen molar-refractivity contribution < 1.29 is 5.11 Å². The van der Waals surface area contributed by atoms with Crippen molar-refractivity contribution in [3.63, 3.8) is 0 Å². The summed E-state index contributed by atoms with van der Waals surface area (Å²) < 4.78 is 0. The normalized spacial score (nSPS) is 13.8. The lowest BCUT2D eigenvalue weighted by atomic mass is 10.2. The maximum absolute atomic E-state index is 9.01. The third kappa shape index (κ3) is 0.815. The van der Waals surface area contributed by atoms with Gasteiger partial charge in [-0.25, -0.2) is 0 Å². The van der Waals surface area contributed by atoms with Crippen LogP contribution in [0.15, 0.2) is 29.4 Å². The van der Waals surface area contributed by atoms with Crippen molar-refractivity contribution in [2.75, 3.05) is 0 Å². The molecule has 50 valence electrons. The maximum Gasteiger partial charge on any atom is 0.173 e. The van der Waals surface area contributed by atoms with Gasteiger partial charge in [-0.1, -0.05) is 12.1 Å². The molecule has 0 aliphatic carbocycles. The van der Waals surface area contributed by atoms with Crippen molar-refractivity contribution in [2.45, 2.75) is 0 Å². The molecule has 0 fully saturated rings. The van der Waals surface area contributed by atoms with Gasteiger partial charge in [-0.15, -0.1) is 0 Å². The summed E-state index contributed by atoms with van der Waals surface area (Å²) in [6.45, 7) is 0. The summed E-state index contributed by atoms with van der Waals surface area (Å²) >= 11 is 0. The first-order chi connectivity index (χ1) is 4.86. The van der Waals surface area contributed by atoms with Gasteiger partial charge in [-0.2, -0.15) is 5.10 Å². The first kappa shape index (κ1) is 5.29. The number of hydrazone groups is 1. The van der Waals surface area contributed by atoms with E-state index in [1.807, 2.05) is 6.07 Å². The summed E-state index contributed by atoms with van der Waals surface area (Å²) in [4.78, 5) is 0. The summed E-state index contributed by atoms with van der Waals surface area (Å²) in [5.74, 6) is 1.12. The number of aromatic hydroxyl groups is 1. The van der Waals surface area contributed by atoms with Gasteiger partial charge in [0.2, 0.25) is 0 Å². The predicted molar refractivity (Wildman–Crippen MR) is 37.8 cm³/mol. The molecule has 1 heterocycles. The highest BCUT2D eigenvalue weighted by Crippen LogP contribution is 2.13. The van der Waals surface area contributed by atoms with E-state index in [-0.39, 0.29) is 5.75 Å². The van der Waals surface area contributed by atoms with Crippen molar-refractivity contribution in [2.24, 2.45) is 5.10 Å². The second-order valence-electron chi connectivity index (χ2n) is 2.12. The van der Waals surface area contributed by atoms with E-state index in [4.69, 9.17) is 5.11 Å². The Morgan fingerprint density at radius 2 is 2.20 bits per heavy atom. The summed E-state index contributed by atoms with van der Waals surface area (Å²) in [5, 5.41) is 12.8. The van der Waals surface area contributed by atoms with Crippen LogP contribution >= 0.6 is 0 Å². The van der Waals surface area contributed by atoms with Crippen LogP contribution in [0.1, 0.15) is 5.56 Å². The molecule has 3 nitrogen and oxygen atoms in total. The average Bonchev–Trinajstić information content (AvgIpc) is 2.68. The number of phenolic OH excluding ortho intramolecular Hbond substituents is 1. The minimum absolute atomic E-state index is 0.272. The number of hydrogen-bond acceptors (Lipinski definition) is 3. The number of benzene rings is 1. The second kappa shape index (κ2) is 1.73. The van der Waals surface area contributed by atoms with E-state index >= 15 is 0 Å². The predicted octanol–water partition coefficient (Wildman–Crippen LogP) is 0.657. The average molecular weight is 134 g/mol. The molecule has 0 saturated heterocycles. The number of hydrogen-bond donors (Lipinski definition) is 2. The highest BCUT2D eigenvalue weighted by Gasteiger charge is 2.11. The topological polar surface area (TPSA) is 54.5 Å². The fraction of sp³-hybridized carbons (Fsp3) is 0. The van der Waals surface area contributed by atoms with Crippen molar-refractivity contribution in [3.05, 3.63) is 29.8 Å². The molecule has 2 rings (SSSR count). The molecule has 0 spiro atoms. The molecule has 0 atom stereocenters. The minimum atomic E-state index is 0.272. The number of nitrogens with zero attached hydrogens (tertiary/aromatic N) is 1. The van der Waals surface area contributed by atoms with E-state index in [0.717, 1.165) is 11.4 Å². The smallest absolute Gasteiger partial charge is 0.173 e. The molecule has 0 aromatic heterocycles. The summed E-state index contributed by atoms with van der Waals surface area (Å²) in [5.41, 5.74) is 3.64. The Morgan fingerprint density at radius 3 is 2.80 bits per heavy atom. The molecule has 0 saturated carbocycles. The van der Waals surface area contributed by atoms with E-state index in [1.165, 1.54) is 0 Å². The highest BCUT2D eigenvalue weighted by atomic mass is 16.3. The zero-order valence-corrected chi connectivity index (χ0v) is 5.20. The number of nitrogens with one attached hydrogen (secondary N) is 1. The maximum atomic E-state index is 9.01. The summed E-state index contributed by atoms with van der Waals surface area (Å²) in [6.07, 6.45) is 0. The molecule has 1 aromatic rings. The van der Waals surface area contributed by atoms with E-state index in [2.05, 4.69) is 10.5 Å². The standard InChI is InChI=1S/C7H6N2O/c10-6-3-1-2-5(4-6)7-8-9-7/h1-4,10H,(H,8,9). The lowest BCUT2D eigenvalue weighted by Gasteiger charge is -1.91. The molecule has 0 amide bonds. The van der Waals surface area contributed by atoms with Gasteiger partial charge in [-0.3, -0.25) is 5.43 Å². The zero-order chi connectivity index (χ0) is 6.97. The number of rotatable bonds is 1. The first-order valence-corrected chi connectivity index (χ1v) is 2.99. The summed E-state index contributed by atoms with van der Waals surface area (Å²) in [6, 6.07) is 6.97. The fourth-order valence-corrected chi connectivity index (χ4v) is 0.810. The van der Waals surface area contributed by atoms with Crippen molar-refractivity contribution in [3.8, 4) is 5.75 Å². The van der Waals surface area contributed by atoms with Crippen LogP contribution in [0.2, 0.25) is 0 Å². The van der Waals surface area contributed by atoms with Crippen LogP contribution in [0.3, 0.4) is 0 Å². The quantitative estimate of drug-likeness (QED) is 0.592. The van der Waals surface area contributed by atoms with Crippen LogP contribution < -0.4 is 5.43 Å². The lowest BCUT2D eigenvalue weighted by molar-refractivity contribution is 0.475. The van der Waals surface area contributed by atoms with Crippen LogP contribution in [0.5, 0.6) is 5.75 Å². The van der Waals surface area contributed by atoms with E-state index in [0.29, 0.717) is 0 Å². The second-order valence-corrected chi connectivity index (χ2v) is 2.12. The van der Waals surface area contributed by atoms with Crippen LogP contribution in [-0.2, 0) is 0 Å². The first-order valence-electron chi connectivity index (χ1n) is 2.99. The van der Waals surface area contributed by atoms with Crippen LogP contribution in [-0.4, -0.2) is 10.9 Å². The Labute approximate surface area is 58.0 Å². The van der Waals surface area contributed by atoms with Gasteiger partial charge in [0.1, 0.15) is 5.75 Å². The largest absolute Gasteiger partial charge is 0.508 e.